The van der Waals surface area contributed by atoms with Gasteiger partial charge in [-0.15, -0.1) is 0 Å². The van der Waals surface area contributed by atoms with Crippen LogP contribution in [-0.2, 0) is 9.09 Å². The summed E-state index contributed by atoms with van der Waals surface area (Å²) in [5, 5.41) is 0. The molecule has 0 aliphatic heterocycles. The van der Waals surface area contributed by atoms with Crippen LogP contribution in [0.5, 0.6) is 0 Å². The molecule has 1 aromatic rings. The van der Waals surface area contributed by atoms with Gasteiger partial charge in [0, 0.05) is 12.2 Å². The lowest BCUT2D eigenvalue weighted by atomic mass is 9.81. The number of hydrogen-bond acceptors (Lipinski definition) is 5. The number of phosphoric acid groups is 1. The van der Waals surface area contributed by atoms with E-state index in [0.29, 0.717) is 12.8 Å². The zero-order valence-corrected chi connectivity index (χ0v) is 10.7. The minimum Gasteiger partial charge on any atom is -0.381 e. The molecule has 0 aromatic carbocycles. The maximum Gasteiger partial charge on any atom is 0.469 e. The molecular formula is C9H13FN3O5P. The highest BCUT2D eigenvalue weighted by Gasteiger charge is 2.33. The number of nitrogens with two attached hydrogens (primary N) is 1. The van der Waals surface area contributed by atoms with Gasteiger partial charge in [-0.05, 0) is 18.8 Å². The van der Waals surface area contributed by atoms with E-state index in [0.717, 1.165) is 10.8 Å². The van der Waals surface area contributed by atoms with Crippen LogP contribution in [0.15, 0.2) is 11.0 Å². The highest BCUT2D eigenvalue weighted by Crippen LogP contribution is 2.42. The Hall–Kier alpha value is -1.28. The van der Waals surface area contributed by atoms with Crippen LogP contribution >= 0.6 is 7.82 Å². The number of phosphoric ester groups is 1. The lowest BCUT2D eigenvalue weighted by molar-refractivity contribution is 0.0964. The van der Waals surface area contributed by atoms with Gasteiger partial charge >= 0.3 is 13.5 Å². The number of hydrogen-bond donors (Lipinski definition) is 3. The van der Waals surface area contributed by atoms with E-state index >= 15 is 0 Å². The van der Waals surface area contributed by atoms with Gasteiger partial charge in [-0.3, -0.25) is 9.09 Å². The van der Waals surface area contributed by atoms with Crippen molar-refractivity contribution < 1.29 is 23.3 Å². The van der Waals surface area contributed by atoms with Crippen molar-refractivity contribution >= 4 is 13.6 Å². The number of anilines is 1. The van der Waals surface area contributed by atoms with Crippen LogP contribution < -0.4 is 11.4 Å². The molecule has 19 heavy (non-hydrogen) atoms. The van der Waals surface area contributed by atoms with Crippen molar-refractivity contribution in [3.63, 3.8) is 0 Å². The molecule has 1 heterocycles. The second-order valence-electron chi connectivity index (χ2n) is 4.44. The van der Waals surface area contributed by atoms with Crippen LogP contribution in [0.4, 0.5) is 10.2 Å². The molecule has 0 atom stereocenters. The second kappa shape index (κ2) is 5.01. The molecule has 1 aliphatic rings. The first-order chi connectivity index (χ1) is 8.76. The molecule has 8 nitrogen and oxygen atoms in total. The zero-order valence-electron chi connectivity index (χ0n) is 9.77. The Bertz CT molecular complexity index is 580. The molecule has 0 unspecified atom stereocenters. The zero-order chi connectivity index (χ0) is 14.2. The van der Waals surface area contributed by atoms with Gasteiger partial charge in [0.15, 0.2) is 11.6 Å². The van der Waals surface area contributed by atoms with Gasteiger partial charge in [0.1, 0.15) is 0 Å². The Balaban J connectivity index is 1.96. The summed E-state index contributed by atoms with van der Waals surface area (Å²) in [6, 6.07) is -0.250. The van der Waals surface area contributed by atoms with Crippen molar-refractivity contribution in [2.75, 3.05) is 12.3 Å². The van der Waals surface area contributed by atoms with Gasteiger partial charge in [0.2, 0.25) is 0 Å². The molecule has 1 fully saturated rings. The van der Waals surface area contributed by atoms with Crippen LogP contribution in [0, 0.1) is 11.7 Å². The molecule has 106 valence electrons. The molecule has 1 aliphatic carbocycles. The second-order valence-corrected chi connectivity index (χ2v) is 5.68. The van der Waals surface area contributed by atoms with Crippen LogP contribution in [0.3, 0.4) is 0 Å². The minimum atomic E-state index is -4.47. The molecule has 4 N–H and O–H groups in total. The molecule has 1 saturated carbocycles. The first-order valence-electron chi connectivity index (χ1n) is 5.50. The molecule has 0 radical (unpaired) electrons. The molecular weight excluding hydrogens is 280 g/mol. The first kappa shape index (κ1) is 14.1. The average molecular weight is 293 g/mol. The molecule has 1 aromatic heterocycles. The van der Waals surface area contributed by atoms with Crippen LogP contribution in [-0.4, -0.2) is 25.9 Å². The van der Waals surface area contributed by atoms with Crippen molar-refractivity contribution in [2.24, 2.45) is 5.92 Å². The van der Waals surface area contributed by atoms with Crippen LogP contribution in [0.1, 0.15) is 18.9 Å². The number of nitrogens with zero attached hydrogens (tertiary/aromatic N) is 2. The Labute approximate surface area is 107 Å². The molecule has 0 saturated heterocycles. The van der Waals surface area contributed by atoms with Crippen LogP contribution in [0.2, 0.25) is 0 Å². The van der Waals surface area contributed by atoms with Crippen molar-refractivity contribution in [3.8, 4) is 0 Å². The highest BCUT2D eigenvalue weighted by atomic mass is 31.2. The van der Waals surface area contributed by atoms with Crippen molar-refractivity contribution in [1.29, 1.82) is 0 Å². The summed E-state index contributed by atoms with van der Waals surface area (Å²) in [4.78, 5) is 31.9. The standard InChI is InChI=1S/C9H13FN3O5P/c10-7-3-13(9(14)12-8(7)11)6-1-5(2-6)4-18-19(15,16)17/h3,5-6H,1-2,4H2,(H2,11,12,14)(H2,15,16,17). The Morgan fingerprint density at radius 2 is 2.21 bits per heavy atom. The molecule has 2 rings (SSSR count). The maximum absolute atomic E-state index is 13.2. The van der Waals surface area contributed by atoms with Gasteiger partial charge in [0.25, 0.3) is 0 Å². The minimum absolute atomic E-state index is 0.0786. The lowest BCUT2D eigenvalue weighted by Gasteiger charge is -2.35. The van der Waals surface area contributed by atoms with Gasteiger partial charge in [0.05, 0.1) is 6.61 Å². The lowest BCUT2D eigenvalue weighted by Crippen LogP contribution is -2.37. The summed E-state index contributed by atoms with van der Waals surface area (Å²) in [5.74, 6) is -1.29. The number of nitrogen functional groups attached to an aromatic ring is 1. The number of halogens is 1. The fourth-order valence-electron chi connectivity index (χ4n) is 1.99. The summed E-state index contributed by atoms with van der Waals surface area (Å²) in [7, 11) is -4.47. The van der Waals surface area contributed by atoms with Crippen molar-refractivity contribution in [3.05, 3.63) is 22.5 Å². The SMILES string of the molecule is Nc1nc(=O)n(C2CC(COP(=O)(O)O)C2)cc1F. The van der Waals surface area contributed by atoms with E-state index in [4.69, 9.17) is 15.5 Å². The van der Waals surface area contributed by atoms with E-state index in [1.165, 1.54) is 0 Å². The average Bonchev–Trinajstić information content (AvgIpc) is 2.21. The van der Waals surface area contributed by atoms with Gasteiger partial charge in [-0.1, -0.05) is 0 Å². The summed E-state index contributed by atoms with van der Waals surface area (Å²) in [6.07, 6.45) is 1.92. The predicted octanol–water partition coefficient (Wildman–Crippen LogP) is 0.0250. The summed E-state index contributed by atoms with van der Waals surface area (Å²) in [6.45, 7) is -0.0968. The van der Waals surface area contributed by atoms with E-state index in [1.807, 2.05) is 0 Å². The smallest absolute Gasteiger partial charge is 0.381 e. The van der Waals surface area contributed by atoms with E-state index < -0.39 is 25.1 Å². The fourth-order valence-corrected chi connectivity index (χ4v) is 2.39. The van der Waals surface area contributed by atoms with Crippen molar-refractivity contribution in [2.45, 2.75) is 18.9 Å². The molecule has 0 amide bonds. The number of rotatable bonds is 4. The number of aromatic nitrogens is 2. The molecule has 0 spiro atoms. The molecule has 10 heteroatoms. The molecule has 0 bridgehead atoms. The van der Waals surface area contributed by atoms with E-state index in [9.17, 15) is 13.8 Å². The summed E-state index contributed by atoms with van der Waals surface area (Å²) in [5.41, 5.74) is 4.53. The van der Waals surface area contributed by atoms with E-state index in [1.54, 1.807) is 0 Å². The topological polar surface area (TPSA) is 128 Å². The van der Waals surface area contributed by atoms with Gasteiger partial charge in [-0.2, -0.15) is 4.98 Å². The highest BCUT2D eigenvalue weighted by molar-refractivity contribution is 7.46. The summed E-state index contributed by atoms with van der Waals surface area (Å²) < 4.78 is 29.2. The van der Waals surface area contributed by atoms with Crippen LogP contribution in [0.25, 0.3) is 0 Å². The Morgan fingerprint density at radius 3 is 2.79 bits per heavy atom. The van der Waals surface area contributed by atoms with E-state index in [2.05, 4.69) is 9.51 Å². The predicted molar refractivity (Wildman–Crippen MR) is 62.6 cm³/mol. The Morgan fingerprint density at radius 1 is 1.58 bits per heavy atom. The first-order valence-corrected chi connectivity index (χ1v) is 7.03. The fraction of sp³-hybridized carbons (Fsp3) is 0.556. The van der Waals surface area contributed by atoms with Gasteiger partial charge < -0.3 is 15.5 Å². The third kappa shape index (κ3) is 3.38. The van der Waals surface area contributed by atoms with E-state index in [-0.39, 0.29) is 18.6 Å². The normalized spacial score (nSPS) is 23.1. The Kier molecular flexibility index (Phi) is 3.73. The third-order valence-electron chi connectivity index (χ3n) is 3.02. The largest absolute Gasteiger partial charge is 0.469 e. The third-order valence-corrected chi connectivity index (χ3v) is 3.50. The van der Waals surface area contributed by atoms with Gasteiger partial charge in [-0.25, -0.2) is 13.8 Å². The summed E-state index contributed by atoms with van der Waals surface area (Å²) >= 11 is 0. The monoisotopic (exact) mass is 293 g/mol. The van der Waals surface area contributed by atoms with Crippen molar-refractivity contribution in [1.82, 2.24) is 9.55 Å². The maximum atomic E-state index is 13.2. The quantitative estimate of drug-likeness (QED) is 0.668.